The summed E-state index contributed by atoms with van der Waals surface area (Å²) in [4.78, 5) is 31.2. The fraction of sp³-hybridized carbons (Fsp3) is 0.474. The van der Waals surface area contributed by atoms with Gasteiger partial charge in [0.15, 0.2) is 0 Å². The van der Waals surface area contributed by atoms with E-state index >= 15 is 0 Å². The van der Waals surface area contributed by atoms with Crippen molar-refractivity contribution in [3.05, 3.63) is 35.7 Å². The number of likely N-dealkylation sites (tertiary alicyclic amines) is 1. The summed E-state index contributed by atoms with van der Waals surface area (Å²) in [6.07, 6.45) is 3.06. The summed E-state index contributed by atoms with van der Waals surface area (Å²) < 4.78 is 10.8. The monoisotopic (exact) mass is 402 g/mol. The molecular formula is C19H26N6O4. The molecule has 0 saturated carbocycles. The number of anilines is 1. The quantitative estimate of drug-likeness (QED) is 0.609. The van der Waals surface area contributed by atoms with E-state index in [-0.39, 0.29) is 17.6 Å². The lowest BCUT2D eigenvalue weighted by Crippen LogP contribution is -2.56. The topological polar surface area (TPSA) is 135 Å². The van der Waals surface area contributed by atoms with Gasteiger partial charge in [-0.05, 0) is 12.5 Å². The molecule has 0 aliphatic carbocycles. The van der Waals surface area contributed by atoms with E-state index in [0.717, 1.165) is 5.56 Å². The maximum atomic E-state index is 12.8. The van der Waals surface area contributed by atoms with Crippen LogP contribution in [0.1, 0.15) is 28.9 Å². The van der Waals surface area contributed by atoms with Gasteiger partial charge in [-0.3, -0.25) is 14.7 Å². The number of H-pyrrole nitrogens is 1. The predicted molar refractivity (Wildman–Crippen MR) is 105 cm³/mol. The van der Waals surface area contributed by atoms with Crippen LogP contribution in [0.25, 0.3) is 0 Å². The molecule has 3 heterocycles. The molecule has 0 bridgehead atoms. The van der Waals surface area contributed by atoms with Crippen molar-refractivity contribution >= 4 is 17.6 Å². The van der Waals surface area contributed by atoms with E-state index in [0.29, 0.717) is 50.5 Å². The Labute approximate surface area is 168 Å². The predicted octanol–water partition coefficient (Wildman–Crippen LogP) is 0.376. The molecule has 1 aliphatic rings. The summed E-state index contributed by atoms with van der Waals surface area (Å²) in [7, 11) is 3.09. The lowest BCUT2D eigenvalue weighted by Gasteiger charge is -2.39. The van der Waals surface area contributed by atoms with Crippen molar-refractivity contribution in [2.24, 2.45) is 0 Å². The molecule has 2 aromatic heterocycles. The van der Waals surface area contributed by atoms with Gasteiger partial charge in [-0.25, -0.2) is 4.98 Å². The van der Waals surface area contributed by atoms with E-state index in [1.807, 2.05) is 12.1 Å². The molecule has 0 spiro atoms. The van der Waals surface area contributed by atoms with E-state index in [9.17, 15) is 9.59 Å². The van der Waals surface area contributed by atoms with Crippen molar-refractivity contribution < 1.29 is 19.1 Å². The minimum Gasteiger partial charge on any atom is -0.481 e. The number of methoxy groups -OCH3 is 2. The van der Waals surface area contributed by atoms with E-state index in [4.69, 9.17) is 15.2 Å². The number of aromatic amines is 1. The molecule has 4 N–H and O–H groups in total. The summed E-state index contributed by atoms with van der Waals surface area (Å²) in [5, 5.41) is 9.34. The molecule has 29 heavy (non-hydrogen) atoms. The summed E-state index contributed by atoms with van der Waals surface area (Å²) in [5.74, 6) is 0.444. The van der Waals surface area contributed by atoms with Gasteiger partial charge in [0.05, 0.1) is 7.11 Å². The molecule has 2 amide bonds. The minimum atomic E-state index is -0.956. The summed E-state index contributed by atoms with van der Waals surface area (Å²) in [6.45, 7) is 1.23. The minimum absolute atomic E-state index is 0.180. The highest BCUT2D eigenvalue weighted by molar-refractivity contribution is 5.93. The van der Waals surface area contributed by atoms with Gasteiger partial charge >= 0.3 is 0 Å². The van der Waals surface area contributed by atoms with Crippen molar-refractivity contribution in [2.75, 3.05) is 39.6 Å². The Morgan fingerprint density at radius 3 is 2.72 bits per heavy atom. The third-order valence-corrected chi connectivity index (χ3v) is 5.21. The SMILES string of the molecule is COc1ncccc1CCNC(=O)C1(OC)CCN(C(=O)c2cc(N)n[nH]2)CC1. The largest absolute Gasteiger partial charge is 0.481 e. The average Bonchev–Trinajstić information content (AvgIpc) is 3.19. The Morgan fingerprint density at radius 2 is 2.10 bits per heavy atom. The molecule has 0 aromatic carbocycles. The van der Waals surface area contributed by atoms with Gasteiger partial charge in [0.1, 0.15) is 17.1 Å². The number of ether oxygens (including phenoxy) is 2. The number of hydrogen-bond acceptors (Lipinski definition) is 7. The zero-order chi connectivity index (χ0) is 20.9. The Balaban J connectivity index is 1.55. The zero-order valence-corrected chi connectivity index (χ0v) is 16.6. The smallest absolute Gasteiger partial charge is 0.271 e. The Bertz CT molecular complexity index is 860. The van der Waals surface area contributed by atoms with Gasteiger partial charge < -0.3 is 25.4 Å². The van der Waals surface area contributed by atoms with Crippen molar-refractivity contribution in [1.82, 2.24) is 25.4 Å². The summed E-state index contributed by atoms with van der Waals surface area (Å²) >= 11 is 0. The number of nitrogens with one attached hydrogen (secondary N) is 2. The molecule has 0 unspecified atom stereocenters. The maximum Gasteiger partial charge on any atom is 0.271 e. The Hall–Kier alpha value is -3.14. The molecule has 1 aliphatic heterocycles. The summed E-state index contributed by atoms with van der Waals surface area (Å²) in [6, 6.07) is 5.24. The number of piperidine rings is 1. The highest BCUT2D eigenvalue weighted by Gasteiger charge is 2.42. The number of rotatable bonds is 7. The van der Waals surface area contributed by atoms with Crippen LogP contribution in [0, 0.1) is 0 Å². The van der Waals surface area contributed by atoms with Crippen molar-refractivity contribution in [2.45, 2.75) is 24.9 Å². The van der Waals surface area contributed by atoms with Crippen LogP contribution in [0.3, 0.4) is 0 Å². The van der Waals surface area contributed by atoms with Gasteiger partial charge in [0, 0.05) is 57.4 Å². The van der Waals surface area contributed by atoms with Gasteiger partial charge in [0.25, 0.3) is 11.8 Å². The number of hydrogen-bond donors (Lipinski definition) is 3. The van der Waals surface area contributed by atoms with Crippen LogP contribution >= 0.6 is 0 Å². The first-order valence-corrected chi connectivity index (χ1v) is 9.40. The van der Waals surface area contributed by atoms with Crippen molar-refractivity contribution in [1.29, 1.82) is 0 Å². The molecule has 0 atom stereocenters. The number of nitrogen functional groups attached to an aromatic ring is 1. The second-order valence-corrected chi connectivity index (χ2v) is 6.87. The van der Waals surface area contributed by atoms with Gasteiger partial charge in [-0.15, -0.1) is 0 Å². The van der Waals surface area contributed by atoms with Crippen LogP contribution in [0.15, 0.2) is 24.4 Å². The fourth-order valence-electron chi connectivity index (χ4n) is 3.48. The zero-order valence-electron chi connectivity index (χ0n) is 16.6. The molecule has 156 valence electrons. The van der Waals surface area contributed by atoms with Crippen molar-refractivity contribution in [3.63, 3.8) is 0 Å². The molecule has 10 nitrogen and oxygen atoms in total. The number of nitrogens with zero attached hydrogens (tertiary/aromatic N) is 3. The first-order chi connectivity index (χ1) is 14.0. The van der Waals surface area contributed by atoms with Gasteiger partial charge in [-0.1, -0.05) is 6.07 Å². The van der Waals surface area contributed by atoms with Crippen LogP contribution in [-0.2, 0) is 16.0 Å². The second-order valence-electron chi connectivity index (χ2n) is 6.87. The highest BCUT2D eigenvalue weighted by atomic mass is 16.5. The number of pyridine rings is 1. The number of amides is 2. The van der Waals surface area contributed by atoms with E-state index in [1.54, 1.807) is 18.2 Å². The van der Waals surface area contributed by atoms with Gasteiger partial charge in [0.2, 0.25) is 5.88 Å². The standard InChI is InChI=1S/C19H26N6O4/c1-28-16-13(4-3-8-21-16)5-9-22-18(27)19(29-2)6-10-25(11-7-19)17(26)14-12-15(20)24-23-14/h3-4,8,12H,5-7,9-11H2,1-2H3,(H,22,27)(H3,20,23,24). The molecule has 3 rings (SSSR count). The fourth-order valence-corrected chi connectivity index (χ4v) is 3.48. The third-order valence-electron chi connectivity index (χ3n) is 5.21. The van der Waals surface area contributed by atoms with E-state index in [2.05, 4.69) is 20.5 Å². The molecule has 0 radical (unpaired) electrons. The molecule has 2 aromatic rings. The average molecular weight is 402 g/mol. The number of carbonyl (C=O) groups is 2. The first-order valence-electron chi connectivity index (χ1n) is 9.40. The van der Waals surface area contributed by atoms with Crippen LogP contribution in [0.4, 0.5) is 5.82 Å². The van der Waals surface area contributed by atoms with Crippen LogP contribution in [0.5, 0.6) is 5.88 Å². The Morgan fingerprint density at radius 1 is 1.34 bits per heavy atom. The van der Waals surface area contributed by atoms with E-state index in [1.165, 1.54) is 13.2 Å². The number of aromatic nitrogens is 3. The lowest BCUT2D eigenvalue weighted by molar-refractivity contribution is -0.148. The van der Waals surface area contributed by atoms with Crippen LogP contribution in [0.2, 0.25) is 0 Å². The first kappa shape index (κ1) is 20.6. The molecular weight excluding hydrogens is 376 g/mol. The summed E-state index contributed by atoms with van der Waals surface area (Å²) in [5.41, 5.74) is 5.86. The maximum absolute atomic E-state index is 12.8. The second kappa shape index (κ2) is 8.91. The molecule has 1 fully saturated rings. The van der Waals surface area contributed by atoms with Crippen LogP contribution in [-0.4, -0.2) is 71.4 Å². The van der Waals surface area contributed by atoms with Crippen LogP contribution < -0.4 is 15.8 Å². The van der Waals surface area contributed by atoms with E-state index < -0.39 is 5.60 Å². The molecule has 1 saturated heterocycles. The lowest BCUT2D eigenvalue weighted by atomic mass is 9.89. The normalized spacial score (nSPS) is 15.7. The molecule has 10 heteroatoms. The number of carbonyl (C=O) groups excluding carboxylic acids is 2. The highest BCUT2D eigenvalue weighted by Crippen LogP contribution is 2.27. The third kappa shape index (κ3) is 4.48. The van der Waals surface area contributed by atoms with Gasteiger partial charge in [-0.2, -0.15) is 5.10 Å². The number of nitrogens with two attached hydrogens (primary N) is 1. The van der Waals surface area contributed by atoms with Crippen molar-refractivity contribution in [3.8, 4) is 5.88 Å². The Kier molecular flexibility index (Phi) is 6.32.